The van der Waals surface area contributed by atoms with E-state index >= 15 is 0 Å². The number of amides is 4. The summed E-state index contributed by atoms with van der Waals surface area (Å²) in [6.07, 6.45) is 1.80. The maximum absolute atomic E-state index is 13.8. The largest absolute Gasteiger partial charge is 0.493 e. The average Bonchev–Trinajstić information content (AvgIpc) is 1.66. The summed E-state index contributed by atoms with van der Waals surface area (Å²) in [5.41, 5.74) is 2.41. The number of ether oxygens (including phenoxy) is 11. The Hall–Kier alpha value is -6.77. The number of sulfone groups is 1. The van der Waals surface area contributed by atoms with Crippen molar-refractivity contribution in [3.63, 3.8) is 0 Å². The SMILES string of the molecule is CC[C@@]1(O)C(=O)OCc2c1cc1n(c2=O)Cc2c-1nc1ccc(NC(=O)[C@H](C)NC(=O)[C@@H](NC(=O)CCOCCOCCOCCOCCOCCOCCOCCOCCNC(=O)CCOc3ccc4nc(S(C)(=O)=O)sc4c3)C(C)C)c3c1c2CCO3. The second-order valence-corrected chi connectivity index (χ2v) is 24.7. The smallest absolute Gasteiger partial charge is 0.343 e. The Morgan fingerprint density at radius 1 is 0.708 bits per heavy atom. The van der Waals surface area contributed by atoms with Crippen molar-refractivity contribution in [3.05, 3.63) is 69.0 Å². The predicted octanol–water partition coefficient (Wildman–Crippen LogP) is 2.72. The van der Waals surface area contributed by atoms with Crippen LogP contribution in [0.3, 0.4) is 0 Å². The molecule has 3 aliphatic rings. The summed E-state index contributed by atoms with van der Waals surface area (Å²) in [6.45, 7) is 13.2. The normalized spacial score (nSPS) is 15.7. The number of anilines is 1. The Bertz CT molecular complexity index is 3470. The van der Waals surface area contributed by atoms with Crippen molar-refractivity contribution in [3.8, 4) is 22.9 Å². The minimum atomic E-state index is -3.39. The van der Waals surface area contributed by atoms with Gasteiger partial charge in [-0.1, -0.05) is 20.8 Å². The summed E-state index contributed by atoms with van der Waals surface area (Å²) in [5.74, 6) is -1.80. The van der Waals surface area contributed by atoms with Crippen molar-refractivity contribution in [2.75, 3.05) is 137 Å². The maximum atomic E-state index is 13.8. The standard InChI is InChI=1S/C60H79N7O20S2/c1-6-60(74)43-34-47-53-41(35-67(47)57(72)42(43)36-87-58(60)73)40-11-16-86-54-46(10-9-45(63-53)51(40)54)64-55(70)38(4)62-56(71)52(37(2)3)66-50(69)12-15-77-19-21-79-23-25-81-27-29-83-31-32-84-30-28-82-26-24-80-22-20-78-18-14-61-49(68)13-17-85-39-7-8-44-48(33-39)88-59(65-44)89(5,75)76/h7-10,33-34,37-38,52,74H,6,11-32,35-36H2,1-5H3,(H,61,68)(H,62,71)(H,64,70)(H,66,69)/t38-,52-,60-/m0/s1. The number of benzene rings is 2. The van der Waals surface area contributed by atoms with Crippen LogP contribution in [0.4, 0.5) is 5.69 Å². The summed E-state index contributed by atoms with van der Waals surface area (Å²) in [4.78, 5) is 87.6. The number of cyclic esters (lactones) is 1. The summed E-state index contributed by atoms with van der Waals surface area (Å²) in [6, 6.07) is 8.22. The summed E-state index contributed by atoms with van der Waals surface area (Å²) < 4.78 is 87.1. The molecule has 486 valence electrons. The fourth-order valence-electron chi connectivity index (χ4n) is 9.95. The highest BCUT2D eigenvalue weighted by Gasteiger charge is 2.46. The molecule has 6 heterocycles. The minimum Gasteiger partial charge on any atom is -0.493 e. The number of carbonyl (C=O) groups is 5. The molecule has 8 rings (SSSR count). The number of fused-ring (bicyclic) bond motifs is 6. The van der Waals surface area contributed by atoms with Gasteiger partial charge < -0.3 is 83.0 Å². The van der Waals surface area contributed by atoms with Crippen molar-refractivity contribution in [1.29, 1.82) is 0 Å². The number of nitrogens with one attached hydrogen (secondary N) is 4. The van der Waals surface area contributed by atoms with Gasteiger partial charge in [0.05, 0.1) is 170 Å². The molecule has 0 bridgehead atoms. The summed E-state index contributed by atoms with van der Waals surface area (Å²) in [7, 11) is -3.39. The molecule has 4 amide bonds. The number of aliphatic hydroxyl groups is 1. The van der Waals surface area contributed by atoms with Crippen LogP contribution in [0, 0.1) is 5.92 Å². The molecule has 89 heavy (non-hydrogen) atoms. The van der Waals surface area contributed by atoms with E-state index in [2.05, 4.69) is 26.3 Å². The molecule has 5 aromatic rings. The fourth-order valence-corrected chi connectivity index (χ4v) is 11.8. The van der Waals surface area contributed by atoms with E-state index in [9.17, 15) is 42.3 Å². The lowest BCUT2D eigenvalue weighted by molar-refractivity contribution is -0.172. The number of esters is 1. The molecule has 0 saturated carbocycles. The molecule has 3 aliphatic heterocycles. The van der Waals surface area contributed by atoms with Gasteiger partial charge in [-0.2, -0.15) is 0 Å². The summed E-state index contributed by atoms with van der Waals surface area (Å²) >= 11 is 1.07. The number of hydrogen-bond donors (Lipinski definition) is 5. The molecular formula is C60H79N7O20S2. The van der Waals surface area contributed by atoms with Crippen molar-refractivity contribution < 1.29 is 89.6 Å². The lowest BCUT2D eigenvalue weighted by Crippen LogP contribution is -2.53. The molecule has 3 atom stereocenters. The third-order valence-electron chi connectivity index (χ3n) is 14.7. The molecule has 0 saturated heterocycles. The zero-order valence-electron chi connectivity index (χ0n) is 50.7. The zero-order chi connectivity index (χ0) is 63.5. The van der Waals surface area contributed by atoms with Crippen LogP contribution in [-0.2, 0) is 102 Å². The molecular weight excluding hydrogens is 1200 g/mol. The van der Waals surface area contributed by atoms with Gasteiger partial charge in [-0.3, -0.25) is 24.0 Å². The van der Waals surface area contributed by atoms with Gasteiger partial charge in [-0.05, 0) is 61.2 Å². The number of hydrogen-bond acceptors (Lipinski definition) is 23. The molecule has 2 aromatic carbocycles. The van der Waals surface area contributed by atoms with Gasteiger partial charge in [0.15, 0.2) is 11.4 Å². The molecule has 5 N–H and O–H groups in total. The number of aromatic nitrogens is 3. The van der Waals surface area contributed by atoms with E-state index < -0.39 is 51.2 Å². The highest BCUT2D eigenvalue weighted by Crippen LogP contribution is 2.45. The van der Waals surface area contributed by atoms with Crippen LogP contribution in [0.1, 0.15) is 69.2 Å². The number of carbonyl (C=O) groups excluding carboxylic acids is 5. The highest BCUT2D eigenvalue weighted by molar-refractivity contribution is 7.92. The topological polar surface area (TPSA) is 337 Å². The molecule has 3 aromatic heterocycles. The highest BCUT2D eigenvalue weighted by atomic mass is 32.2. The summed E-state index contributed by atoms with van der Waals surface area (Å²) in [5, 5.41) is 23.1. The third-order valence-corrected chi connectivity index (χ3v) is 17.4. The average molecular weight is 1280 g/mol. The first-order chi connectivity index (χ1) is 42.9. The molecule has 0 radical (unpaired) electrons. The number of rotatable bonds is 39. The number of pyridine rings is 2. The second-order valence-electron chi connectivity index (χ2n) is 21.4. The van der Waals surface area contributed by atoms with Crippen molar-refractivity contribution in [1.82, 2.24) is 30.5 Å². The number of nitrogens with zero attached hydrogens (tertiary/aromatic N) is 3. The fraction of sp³-hybridized carbons (Fsp3) is 0.567. The van der Waals surface area contributed by atoms with Gasteiger partial charge in [0.1, 0.15) is 24.4 Å². The van der Waals surface area contributed by atoms with E-state index in [1.165, 1.54) is 0 Å². The quantitative estimate of drug-likeness (QED) is 0.0274. The van der Waals surface area contributed by atoms with Crippen LogP contribution in [0.25, 0.3) is 32.5 Å². The predicted molar refractivity (Wildman–Crippen MR) is 324 cm³/mol. The van der Waals surface area contributed by atoms with Gasteiger partial charge in [0.2, 0.25) is 37.8 Å². The van der Waals surface area contributed by atoms with Gasteiger partial charge >= 0.3 is 5.97 Å². The Kier molecular flexibility index (Phi) is 25.1. The molecule has 0 unspecified atom stereocenters. The zero-order valence-corrected chi connectivity index (χ0v) is 52.4. The first-order valence-corrected chi connectivity index (χ1v) is 32.4. The first-order valence-electron chi connectivity index (χ1n) is 29.7. The van der Waals surface area contributed by atoms with Gasteiger partial charge in [0, 0.05) is 42.2 Å². The van der Waals surface area contributed by atoms with E-state index in [1.807, 2.05) is 0 Å². The van der Waals surface area contributed by atoms with E-state index in [-0.39, 0.29) is 91.7 Å². The first kappa shape index (κ1) is 68.1. The Morgan fingerprint density at radius 3 is 1.91 bits per heavy atom. The van der Waals surface area contributed by atoms with E-state index in [0.29, 0.717) is 155 Å². The minimum absolute atomic E-state index is 0.00100. The molecule has 0 fully saturated rings. The van der Waals surface area contributed by atoms with Crippen LogP contribution in [0.15, 0.2) is 45.5 Å². The van der Waals surface area contributed by atoms with Crippen LogP contribution in [0.5, 0.6) is 11.5 Å². The van der Waals surface area contributed by atoms with E-state index in [1.54, 1.807) is 68.7 Å². The Balaban J connectivity index is 0.589. The van der Waals surface area contributed by atoms with Crippen LogP contribution in [-0.4, -0.2) is 201 Å². The van der Waals surface area contributed by atoms with E-state index in [0.717, 1.165) is 28.7 Å². The van der Waals surface area contributed by atoms with Crippen LogP contribution < -0.4 is 36.3 Å². The number of thiazole rings is 1. The third kappa shape index (κ3) is 18.2. The molecule has 0 spiro atoms. The lowest BCUT2D eigenvalue weighted by atomic mass is 9.86. The Labute approximate surface area is 518 Å². The van der Waals surface area contributed by atoms with Crippen LogP contribution >= 0.6 is 11.3 Å². The van der Waals surface area contributed by atoms with Gasteiger partial charge in [-0.15, -0.1) is 11.3 Å². The van der Waals surface area contributed by atoms with E-state index in [4.69, 9.17) is 57.1 Å². The van der Waals surface area contributed by atoms with Crippen molar-refractivity contribution >= 4 is 77.6 Å². The molecule has 29 heteroatoms. The van der Waals surface area contributed by atoms with Gasteiger partial charge in [-0.25, -0.2) is 23.2 Å². The van der Waals surface area contributed by atoms with Crippen molar-refractivity contribution in [2.45, 2.75) is 88.6 Å². The Morgan fingerprint density at radius 2 is 1.30 bits per heavy atom. The second kappa shape index (κ2) is 32.8. The lowest BCUT2D eigenvalue weighted by Gasteiger charge is -2.31. The van der Waals surface area contributed by atoms with Crippen LogP contribution in [0.2, 0.25) is 0 Å². The maximum Gasteiger partial charge on any atom is 0.343 e. The molecule has 27 nitrogen and oxygen atoms in total. The van der Waals surface area contributed by atoms with Crippen molar-refractivity contribution in [2.24, 2.45) is 5.92 Å². The monoisotopic (exact) mass is 1280 g/mol. The van der Waals surface area contributed by atoms with Gasteiger partial charge in [0.25, 0.3) is 5.56 Å². The molecule has 0 aliphatic carbocycles.